The fourth-order valence-electron chi connectivity index (χ4n) is 2.12. The van der Waals surface area contributed by atoms with Gasteiger partial charge in [0.15, 0.2) is 0 Å². The van der Waals surface area contributed by atoms with E-state index in [1.54, 1.807) is 37.7 Å². The average molecular weight is 373 g/mol. The molecular formula is C14H17BrN2O3S. The van der Waals surface area contributed by atoms with Gasteiger partial charge in [-0.2, -0.15) is 0 Å². The number of halogens is 1. The van der Waals surface area contributed by atoms with Crippen molar-refractivity contribution in [3.05, 3.63) is 36.7 Å². The molecule has 114 valence electrons. The molecule has 1 heterocycles. The Balaban J connectivity index is 2.37. The molecule has 0 radical (unpaired) electrons. The number of rotatable bonds is 7. The number of benzene rings is 1. The number of hydrogen-bond acceptors (Lipinski definition) is 4. The van der Waals surface area contributed by atoms with Gasteiger partial charge in [-0.3, -0.25) is 4.98 Å². The van der Waals surface area contributed by atoms with Crippen LogP contribution in [-0.4, -0.2) is 38.5 Å². The zero-order valence-corrected chi connectivity index (χ0v) is 14.0. The lowest BCUT2D eigenvalue weighted by molar-refractivity contribution is 0.173. The summed E-state index contributed by atoms with van der Waals surface area (Å²) in [5, 5.41) is 2.15. The van der Waals surface area contributed by atoms with Crippen molar-refractivity contribution in [3.8, 4) is 0 Å². The fourth-order valence-corrected chi connectivity index (χ4v) is 4.16. The molecule has 0 aliphatic rings. The SMILES string of the molecule is COCC(CCBr)NS(=O)(=O)c1cccc2cnccc12. The van der Waals surface area contributed by atoms with E-state index in [9.17, 15) is 8.42 Å². The third kappa shape index (κ3) is 4.00. The fraction of sp³-hybridized carbons (Fsp3) is 0.357. The molecule has 2 aromatic rings. The summed E-state index contributed by atoms with van der Waals surface area (Å²) in [7, 11) is -2.05. The molecule has 0 bridgehead atoms. The summed E-state index contributed by atoms with van der Waals surface area (Å²) in [5.41, 5.74) is 0. The number of alkyl halides is 1. The highest BCUT2D eigenvalue weighted by Crippen LogP contribution is 2.22. The molecule has 5 nitrogen and oxygen atoms in total. The summed E-state index contributed by atoms with van der Waals surface area (Å²) in [5.74, 6) is 0. The van der Waals surface area contributed by atoms with Gasteiger partial charge < -0.3 is 4.74 Å². The molecule has 0 spiro atoms. The van der Waals surface area contributed by atoms with Crippen LogP contribution in [0.15, 0.2) is 41.6 Å². The zero-order valence-electron chi connectivity index (χ0n) is 11.6. The number of nitrogens with zero attached hydrogens (tertiary/aromatic N) is 1. The molecule has 0 amide bonds. The first-order valence-corrected chi connectivity index (χ1v) is 9.09. The second-order valence-electron chi connectivity index (χ2n) is 4.60. The van der Waals surface area contributed by atoms with Gasteiger partial charge in [0.25, 0.3) is 0 Å². The summed E-state index contributed by atoms with van der Waals surface area (Å²) < 4.78 is 33.0. The predicted octanol–water partition coefficient (Wildman–Crippen LogP) is 2.31. The van der Waals surface area contributed by atoms with Crippen LogP contribution in [0.2, 0.25) is 0 Å². The van der Waals surface area contributed by atoms with E-state index in [4.69, 9.17) is 4.74 Å². The Hall–Kier alpha value is -1.02. The molecule has 0 aliphatic carbocycles. The van der Waals surface area contributed by atoms with E-state index in [0.717, 1.165) is 5.39 Å². The minimum absolute atomic E-state index is 0.262. The minimum atomic E-state index is -3.61. The van der Waals surface area contributed by atoms with E-state index in [0.29, 0.717) is 23.7 Å². The van der Waals surface area contributed by atoms with Crippen LogP contribution >= 0.6 is 15.9 Å². The Bertz CT molecular complexity index is 695. The first-order valence-electron chi connectivity index (χ1n) is 6.48. The monoisotopic (exact) mass is 372 g/mol. The largest absolute Gasteiger partial charge is 0.383 e. The Morgan fingerprint density at radius 2 is 2.19 bits per heavy atom. The van der Waals surface area contributed by atoms with Crippen LogP contribution in [0.5, 0.6) is 0 Å². The second kappa shape index (κ2) is 7.31. The van der Waals surface area contributed by atoms with Crippen LogP contribution in [0.25, 0.3) is 10.8 Å². The van der Waals surface area contributed by atoms with Crippen molar-refractivity contribution in [2.75, 3.05) is 19.0 Å². The van der Waals surface area contributed by atoms with E-state index in [1.807, 2.05) is 6.07 Å². The lowest BCUT2D eigenvalue weighted by atomic mass is 10.2. The van der Waals surface area contributed by atoms with Gasteiger partial charge in [-0.1, -0.05) is 28.1 Å². The lowest BCUT2D eigenvalue weighted by Gasteiger charge is -2.17. The Morgan fingerprint density at radius 1 is 1.38 bits per heavy atom. The van der Waals surface area contributed by atoms with Gasteiger partial charge in [0, 0.05) is 41.6 Å². The number of pyridine rings is 1. The molecule has 21 heavy (non-hydrogen) atoms. The van der Waals surface area contributed by atoms with Gasteiger partial charge in [-0.25, -0.2) is 13.1 Å². The summed E-state index contributed by atoms with van der Waals surface area (Å²) in [4.78, 5) is 4.28. The van der Waals surface area contributed by atoms with Crippen molar-refractivity contribution in [3.63, 3.8) is 0 Å². The molecule has 0 aliphatic heterocycles. The molecule has 0 saturated heterocycles. The molecule has 1 atom stereocenters. The average Bonchev–Trinajstić information content (AvgIpc) is 2.47. The van der Waals surface area contributed by atoms with Gasteiger partial charge in [0.2, 0.25) is 10.0 Å². The lowest BCUT2D eigenvalue weighted by Crippen LogP contribution is -2.38. The topological polar surface area (TPSA) is 68.3 Å². The number of methoxy groups -OCH3 is 1. The van der Waals surface area contributed by atoms with Crippen molar-refractivity contribution < 1.29 is 13.2 Å². The quantitative estimate of drug-likeness (QED) is 0.757. The van der Waals surface area contributed by atoms with Gasteiger partial charge in [-0.05, 0) is 18.6 Å². The molecule has 1 N–H and O–H groups in total. The molecule has 7 heteroatoms. The summed E-state index contributed by atoms with van der Waals surface area (Å²) in [6.45, 7) is 0.331. The van der Waals surface area contributed by atoms with E-state index in [-0.39, 0.29) is 10.9 Å². The number of nitrogens with one attached hydrogen (secondary N) is 1. The first-order chi connectivity index (χ1) is 10.1. The van der Waals surface area contributed by atoms with Crippen LogP contribution in [0.1, 0.15) is 6.42 Å². The third-order valence-corrected chi connectivity index (χ3v) is 5.11. The molecule has 1 unspecified atom stereocenters. The third-order valence-electron chi connectivity index (χ3n) is 3.08. The Morgan fingerprint density at radius 3 is 2.90 bits per heavy atom. The van der Waals surface area contributed by atoms with Crippen molar-refractivity contribution in [1.82, 2.24) is 9.71 Å². The number of fused-ring (bicyclic) bond motifs is 1. The Labute approximate surface area is 132 Å². The van der Waals surface area contributed by atoms with E-state index in [1.165, 1.54) is 0 Å². The highest BCUT2D eigenvalue weighted by atomic mass is 79.9. The molecule has 1 aromatic carbocycles. The van der Waals surface area contributed by atoms with Gasteiger partial charge in [0.05, 0.1) is 11.5 Å². The standard InChI is InChI=1S/C14H17BrN2O3S/c1-20-10-12(5-7-15)17-21(18,19)14-4-2-3-11-9-16-8-6-13(11)14/h2-4,6,8-9,12,17H,5,7,10H2,1H3. The van der Waals surface area contributed by atoms with Gasteiger partial charge in [-0.15, -0.1) is 0 Å². The molecule has 1 aromatic heterocycles. The summed E-state index contributed by atoms with van der Waals surface area (Å²) in [6, 6.07) is 6.60. The molecule has 2 rings (SSSR count). The first kappa shape index (κ1) is 16.4. The smallest absolute Gasteiger partial charge is 0.241 e. The highest BCUT2D eigenvalue weighted by molar-refractivity contribution is 9.09. The Kier molecular flexibility index (Phi) is 5.69. The minimum Gasteiger partial charge on any atom is -0.383 e. The van der Waals surface area contributed by atoms with E-state index < -0.39 is 10.0 Å². The van der Waals surface area contributed by atoms with E-state index in [2.05, 4.69) is 25.6 Å². The van der Waals surface area contributed by atoms with Crippen molar-refractivity contribution in [2.45, 2.75) is 17.4 Å². The van der Waals surface area contributed by atoms with Crippen LogP contribution in [0.4, 0.5) is 0 Å². The molecular weight excluding hydrogens is 356 g/mol. The van der Waals surface area contributed by atoms with Gasteiger partial charge in [0.1, 0.15) is 0 Å². The van der Waals surface area contributed by atoms with Crippen LogP contribution in [0.3, 0.4) is 0 Å². The maximum absolute atomic E-state index is 12.6. The summed E-state index contributed by atoms with van der Waals surface area (Å²) in [6.07, 6.45) is 3.89. The normalized spacial score (nSPS) is 13.4. The second-order valence-corrected chi connectivity index (χ2v) is 7.08. The highest BCUT2D eigenvalue weighted by Gasteiger charge is 2.21. The molecule has 0 saturated carbocycles. The number of hydrogen-bond donors (Lipinski definition) is 1. The van der Waals surface area contributed by atoms with Crippen LogP contribution < -0.4 is 4.72 Å². The predicted molar refractivity (Wildman–Crippen MR) is 86.1 cm³/mol. The maximum Gasteiger partial charge on any atom is 0.241 e. The van der Waals surface area contributed by atoms with Gasteiger partial charge >= 0.3 is 0 Å². The number of aromatic nitrogens is 1. The van der Waals surface area contributed by atoms with Crippen LogP contribution in [-0.2, 0) is 14.8 Å². The zero-order chi connectivity index (χ0) is 15.3. The van der Waals surface area contributed by atoms with Crippen LogP contribution in [0, 0.1) is 0 Å². The number of sulfonamides is 1. The number of ether oxygens (including phenoxy) is 1. The molecule has 0 fully saturated rings. The van der Waals surface area contributed by atoms with Crippen molar-refractivity contribution >= 4 is 36.7 Å². The van der Waals surface area contributed by atoms with Crippen molar-refractivity contribution in [2.24, 2.45) is 0 Å². The maximum atomic E-state index is 12.6. The summed E-state index contributed by atoms with van der Waals surface area (Å²) >= 11 is 3.32. The van der Waals surface area contributed by atoms with E-state index >= 15 is 0 Å². The van der Waals surface area contributed by atoms with Crippen molar-refractivity contribution in [1.29, 1.82) is 0 Å².